The number of hydrogen-bond acceptors (Lipinski definition) is 4. The molecular weight excluding hydrogens is 376 g/mol. The van der Waals surface area contributed by atoms with Crippen LogP contribution in [0, 0.1) is 6.92 Å². The van der Waals surface area contributed by atoms with E-state index < -0.39 is 0 Å². The van der Waals surface area contributed by atoms with Crippen molar-refractivity contribution in [3.05, 3.63) is 77.1 Å². The molecule has 0 aliphatic heterocycles. The predicted molar refractivity (Wildman–Crippen MR) is 117 cm³/mol. The van der Waals surface area contributed by atoms with E-state index in [1.54, 1.807) is 41.8 Å². The van der Waals surface area contributed by atoms with Gasteiger partial charge in [0, 0.05) is 37.6 Å². The summed E-state index contributed by atoms with van der Waals surface area (Å²) in [5.74, 6) is 0.650. The number of rotatable bonds is 3. The van der Waals surface area contributed by atoms with E-state index in [1.807, 2.05) is 30.3 Å². The molecule has 148 valence electrons. The summed E-state index contributed by atoms with van der Waals surface area (Å²) in [5, 5.41) is 0. The second kappa shape index (κ2) is 6.81. The van der Waals surface area contributed by atoms with E-state index in [4.69, 9.17) is 4.98 Å². The number of aromatic nitrogens is 6. The van der Waals surface area contributed by atoms with Gasteiger partial charge in [-0.05, 0) is 25.1 Å². The molecule has 5 rings (SSSR count). The van der Waals surface area contributed by atoms with E-state index in [1.165, 1.54) is 0 Å². The molecular formula is C23H20N6O. The first-order chi connectivity index (χ1) is 14.5. The molecule has 0 fully saturated rings. The molecule has 1 N–H and O–H groups in total. The van der Waals surface area contributed by atoms with Crippen LogP contribution in [0.2, 0.25) is 0 Å². The number of aromatic amines is 1. The number of nitrogens with zero attached hydrogens (tertiary/aromatic N) is 5. The molecule has 0 spiro atoms. The van der Waals surface area contributed by atoms with Crippen molar-refractivity contribution in [1.29, 1.82) is 0 Å². The van der Waals surface area contributed by atoms with Crippen LogP contribution in [0.1, 0.15) is 5.56 Å². The maximum atomic E-state index is 12.3. The number of nitrogens with one attached hydrogen (secondary N) is 1. The van der Waals surface area contributed by atoms with Crippen molar-refractivity contribution in [2.75, 3.05) is 0 Å². The first kappa shape index (κ1) is 18.1. The van der Waals surface area contributed by atoms with Gasteiger partial charge in [-0.1, -0.05) is 29.8 Å². The van der Waals surface area contributed by atoms with Gasteiger partial charge in [-0.2, -0.15) is 0 Å². The highest BCUT2D eigenvalue weighted by atomic mass is 16.1. The van der Waals surface area contributed by atoms with Crippen LogP contribution >= 0.6 is 0 Å². The normalized spacial score (nSPS) is 11.3. The van der Waals surface area contributed by atoms with E-state index in [9.17, 15) is 4.79 Å². The van der Waals surface area contributed by atoms with Gasteiger partial charge in [-0.15, -0.1) is 0 Å². The van der Waals surface area contributed by atoms with Crippen LogP contribution in [-0.2, 0) is 14.1 Å². The number of hydrogen-bond donors (Lipinski definition) is 1. The van der Waals surface area contributed by atoms with Gasteiger partial charge in [0.15, 0.2) is 5.82 Å². The molecule has 0 bridgehead atoms. The second-order valence-electron chi connectivity index (χ2n) is 7.37. The lowest BCUT2D eigenvalue weighted by Crippen LogP contribution is -2.19. The molecule has 0 aliphatic rings. The largest absolute Gasteiger partial charge is 0.336 e. The van der Waals surface area contributed by atoms with Crippen molar-refractivity contribution in [3.63, 3.8) is 0 Å². The zero-order valence-electron chi connectivity index (χ0n) is 16.9. The van der Waals surface area contributed by atoms with Crippen molar-refractivity contribution >= 4 is 11.0 Å². The molecule has 7 heteroatoms. The fourth-order valence-electron chi connectivity index (χ4n) is 3.79. The van der Waals surface area contributed by atoms with Gasteiger partial charge in [0.2, 0.25) is 0 Å². The fraction of sp³-hybridized carbons (Fsp3) is 0.130. The molecule has 5 aromatic rings. The molecule has 0 unspecified atom stereocenters. The summed E-state index contributed by atoms with van der Waals surface area (Å²) >= 11 is 0. The Balaban J connectivity index is 1.76. The van der Waals surface area contributed by atoms with Crippen molar-refractivity contribution in [2.24, 2.45) is 14.1 Å². The Morgan fingerprint density at radius 3 is 2.53 bits per heavy atom. The number of H-pyrrole nitrogens is 1. The molecule has 0 saturated carbocycles. The van der Waals surface area contributed by atoms with E-state index in [-0.39, 0.29) is 5.69 Å². The van der Waals surface area contributed by atoms with Crippen LogP contribution in [0.4, 0.5) is 0 Å². The average molecular weight is 396 g/mol. The van der Waals surface area contributed by atoms with Crippen LogP contribution in [-0.4, -0.2) is 29.1 Å². The third-order valence-corrected chi connectivity index (χ3v) is 5.36. The molecule has 0 saturated heterocycles. The smallest absolute Gasteiger partial charge is 0.328 e. The number of imidazole rings is 2. The lowest BCUT2D eigenvalue weighted by Gasteiger charge is -2.05. The molecule has 0 amide bonds. The van der Waals surface area contributed by atoms with Crippen molar-refractivity contribution in [2.45, 2.75) is 6.92 Å². The summed E-state index contributed by atoms with van der Waals surface area (Å²) in [5.41, 5.74) is 7.20. The minimum atomic E-state index is -0.0501. The third-order valence-electron chi connectivity index (χ3n) is 5.36. The molecule has 30 heavy (non-hydrogen) atoms. The van der Waals surface area contributed by atoms with Crippen molar-refractivity contribution < 1.29 is 0 Å². The summed E-state index contributed by atoms with van der Waals surface area (Å²) < 4.78 is 3.31. The van der Waals surface area contributed by atoms with Crippen LogP contribution in [0.15, 0.2) is 65.8 Å². The van der Waals surface area contributed by atoms with Gasteiger partial charge in [0.25, 0.3) is 0 Å². The molecule has 7 nitrogen and oxygen atoms in total. The van der Waals surface area contributed by atoms with E-state index in [0.29, 0.717) is 11.5 Å². The molecule has 0 radical (unpaired) electrons. The van der Waals surface area contributed by atoms with Crippen LogP contribution in [0.25, 0.3) is 45.1 Å². The summed E-state index contributed by atoms with van der Waals surface area (Å²) in [6.07, 6.45) is 4.97. The maximum Gasteiger partial charge on any atom is 0.328 e. The Labute approximate surface area is 172 Å². The highest BCUT2D eigenvalue weighted by Crippen LogP contribution is 2.34. The topological polar surface area (TPSA) is 81.4 Å². The fourth-order valence-corrected chi connectivity index (χ4v) is 3.79. The third kappa shape index (κ3) is 2.83. The first-order valence-electron chi connectivity index (χ1n) is 9.62. The van der Waals surface area contributed by atoms with Gasteiger partial charge in [-0.25, -0.2) is 14.8 Å². The Kier molecular flexibility index (Phi) is 4.10. The summed E-state index contributed by atoms with van der Waals surface area (Å²) in [4.78, 5) is 29.2. The molecule has 0 aliphatic carbocycles. The Morgan fingerprint density at radius 2 is 1.77 bits per heavy atom. The highest BCUT2D eigenvalue weighted by molar-refractivity contribution is 5.87. The van der Waals surface area contributed by atoms with E-state index in [2.05, 4.69) is 34.0 Å². The van der Waals surface area contributed by atoms with Gasteiger partial charge in [0.05, 0.1) is 28.6 Å². The zero-order valence-corrected chi connectivity index (χ0v) is 16.9. The Bertz CT molecular complexity index is 1440. The zero-order chi connectivity index (χ0) is 20.8. The van der Waals surface area contributed by atoms with Crippen molar-refractivity contribution in [1.82, 2.24) is 29.1 Å². The van der Waals surface area contributed by atoms with Crippen LogP contribution in [0.3, 0.4) is 0 Å². The monoisotopic (exact) mass is 396 g/mol. The Hall–Kier alpha value is -4.00. The molecule has 2 aromatic carbocycles. The maximum absolute atomic E-state index is 12.3. The minimum absolute atomic E-state index is 0.0501. The summed E-state index contributed by atoms with van der Waals surface area (Å²) in [6.45, 7) is 2.06. The number of fused-ring (bicyclic) bond motifs is 1. The van der Waals surface area contributed by atoms with E-state index in [0.717, 1.165) is 39.1 Å². The van der Waals surface area contributed by atoms with Crippen molar-refractivity contribution in [3.8, 4) is 34.0 Å². The standard InChI is InChI=1S/C23H20N6O/c1-14-5-4-6-15(11-14)20-21(27-22(26-20)17-13-24-9-10-25-17)16-7-8-18-19(12-16)29(3)23(30)28(18)2/h4-13H,1-3H3,(H,26,27). The van der Waals surface area contributed by atoms with Crippen LogP contribution < -0.4 is 5.69 Å². The van der Waals surface area contributed by atoms with Gasteiger partial charge < -0.3 is 4.98 Å². The lowest BCUT2D eigenvalue weighted by atomic mass is 10.0. The average Bonchev–Trinajstić information content (AvgIpc) is 3.31. The Morgan fingerprint density at radius 1 is 0.933 bits per heavy atom. The van der Waals surface area contributed by atoms with Gasteiger partial charge in [0.1, 0.15) is 5.69 Å². The lowest BCUT2D eigenvalue weighted by molar-refractivity contribution is 0.795. The molecule has 0 atom stereocenters. The van der Waals surface area contributed by atoms with Crippen LogP contribution in [0.5, 0.6) is 0 Å². The summed E-state index contributed by atoms with van der Waals surface area (Å²) in [7, 11) is 3.57. The second-order valence-corrected chi connectivity index (χ2v) is 7.37. The van der Waals surface area contributed by atoms with E-state index >= 15 is 0 Å². The van der Waals surface area contributed by atoms with Gasteiger partial charge in [-0.3, -0.25) is 14.1 Å². The quantitative estimate of drug-likeness (QED) is 0.504. The summed E-state index contributed by atoms with van der Waals surface area (Å²) in [6, 6.07) is 14.2. The minimum Gasteiger partial charge on any atom is -0.336 e. The SMILES string of the molecule is Cc1cccc(-c2nc(-c3cnccn3)[nH]c2-c2ccc3c(c2)n(C)c(=O)n3C)c1. The number of aryl methyl sites for hydroxylation is 3. The van der Waals surface area contributed by atoms with Gasteiger partial charge >= 0.3 is 5.69 Å². The highest BCUT2D eigenvalue weighted by Gasteiger charge is 2.18. The predicted octanol–water partition coefficient (Wildman–Crippen LogP) is 3.70. The number of benzene rings is 2. The molecule has 3 heterocycles. The first-order valence-corrected chi connectivity index (χ1v) is 9.62. The molecule has 3 aromatic heterocycles.